The average Bonchev–Trinajstić information content (AvgIpc) is 1.55. The Bertz CT molecular complexity index is 253. The summed E-state index contributed by atoms with van der Waals surface area (Å²) in [7, 11) is -3.64. The molecule has 1 rings (SSSR count). The van der Waals surface area contributed by atoms with Crippen LogP contribution in [0.2, 0.25) is 0 Å². The Morgan fingerprint density at radius 3 is 1.73 bits per heavy atom. The van der Waals surface area contributed by atoms with Crippen LogP contribution in [0, 0.1) is 0 Å². The average molecular weight is 190 g/mol. The van der Waals surface area contributed by atoms with Crippen molar-refractivity contribution in [3.63, 3.8) is 0 Å². The van der Waals surface area contributed by atoms with Crippen LogP contribution in [-0.2, 0) is 9.84 Å². The van der Waals surface area contributed by atoms with Crippen LogP contribution in [0.25, 0.3) is 0 Å². The van der Waals surface area contributed by atoms with E-state index < -0.39 is 33.1 Å². The van der Waals surface area contributed by atoms with Gasteiger partial charge >= 0.3 is 6.18 Å². The molecule has 1 fully saturated rings. The first-order chi connectivity index (χ1) is 4.66. The summed E-state index contributed by atoms with van der Waals surface area (Å²) in [5, 5.41) is 8.58. The molecule has 0 radical (unpaired) electrons. The Morgan fingerprint density at radius 2 is 1.64 bits per heavy atom. The van der Waals surface area contributed by atoms with Gasteiger partial charge in [0.05, 0.1) is 11.5 Å². The molecule has 1 saturated heterocycles. The lowest BCUT2D eigenvalue weighted by molar-refractivity contribution is -0.247. The largest absolute Gasteiger partial charge is 0.419 e. The van der Waals surface area contributed by atoms with Crippen molar-refractivity contribution >= 4 is 9.84 Å². The maximum Gasteiger partial charge on any atom is 0.419 e. The maximum atomic E-state index is 11.7. The molecule has 0 spiro atoms. The number of alkyl halides is 3. The van der Waals surface area contributed by atoms with Gasteiger partial charge in [0.1, 0.15) is 0 Å². The van der Waals surface area contributed by atoms with Crippen LogP contribution in [-0.4, -0.2) is 36.8 Å². The van der Waals surface area contributed by atoms with E-state index in [4.69, 9.17) is 5.11 Å². The first-order valence-electron chi connectivity index (χ1n) is 2.66. The van der Waals surface area contributed by atoms with Gasteiger partial charge in [-0.05, 0) is 0 Å². The molecular formula is C4H5F3O3S. The summed E-state index contributed by atoms with van der Waals surface area (Å²) in [6, 6.07) is 0. The first-order valence-corrected chi connectivity index (χ1v) is 4.48. The number of sulfone groups is 1. The van der Waals surface area contributed by atoms with Crippen LogP contribution in [0.4, 0.5) is 13.2 Å². The molecule has 0 aliphatic carbocycles. The third-order valence-corrected chi connectivity index (χ3v) is 3.28. The van der Waals surface area contributed by atoms with Crippen LogP contribution in [0.15, 0.2) is 0 Å². The lowest BCUT2D eigenvalue weighted by Gasteiger charge is -2.37. The van der Waals surface area contributed by atoms with Crippen LogP contribution < -0.4 is 0 Å². The van der Waals surface area contributed by atoms with E-state index in [0.29, 0.717) is 0 Å². The fourth-order valence-corrected chi connectivity index (χ4v) is 2.55. The minimum Gasteiger partial charge on any atom is -0.379 e. The van der Waals surface area contributed by atoms with Crippen molar-refractivity contribution in [2.45, 2.75) is 11.8 Å². The number of hydrogen-bond acceptors (Lipinski definition) is 3. The van der Waals surface area contributed by atoms with E-state index in [1.165, 1.54) is 0 Å². The summed E-state index contributed by atoms with van der Waals surface area (Å²) in [5.41, 5.74) is -2.99. The minimum absolute atomic E-state index is 1.20. The quantitative estimate of drug-likeness (QED) is 0.571. The second-order valence-corrected chi connectivity index (χ2v) is 4.63. The van der Waals surface area contributed by atoms with Crippen LogP contribution >= 0.6 is 0 Å². The Morgan fingerprint density at radius 1 is 1.27 bits per heavy atom. The number of hydrogen-bond donors (Lipinski definition) is 1. The van der Waals surface area contributed by atoms with Gasteiger partial charge in [-0.3, -0.25) is 0 Å². The number of rotatable bonds is 0. The van der Waals surface area contributed by atoms with Crippen LogP contribution in [0.5, 0.6) is 0 Å². The van der Waals surface area contributed by atoms with Crippen molar-refractivity contribution in [2.75, 3.05) is 11.5 Å². The van der Waals surface area contributed by atoms with E-state index in [1.807, 2.05) is 0 Å². The van der Waals surface area contributed by atoms with Crippen LogP contribution in [0.1, 0.15) is 0 Å². The Labute approximate surface area is 60.7 Å². The smallest absolute Gasteiger partial charge is 0.379 e. The molecule has 7 heteroatoms. The fourth-order valence-electron chi connectivity index (χ4n) is 0.849. The lowest BCUT2D eigenvalue weighted by atomic mass is 10.1. The number of aliphatic hydroxyl groups is 1. The van der Waals surface area contributed by atoms with Gasteiger partial charge in [0.2, 0.25) is 0 Å². The third-order valence-electron chi connectivity index (χ3n) is 1.45. The summed E-state index contributed by atoms with van der Waals surface area (Å²) >= 11 is 0. The minimum atomic E-state index is -4.84. The maximum absolute atomic E-state index is 11.7. The van der Waals surface area contributed by atoms with Gasteiger partial charge in [-0.15, -0.1) is 0 Å². The molecule has 0 atom stereocenters. The summed E-state index contributed by atoms with van der Waals surface area (Å²) in [4.78, 5) is 0. The topological polar surface area (TPSA) is 54.4 Å². The zero-order valence-electron chi connectivity index (χ0n) is 5.22. The zero-order valence-corrected chi connectivity index (χ0v) is 6.04. The summed E-state index contributed by atoms with van der Waals surface area (Å²) < 4.78 is 55.7. The normalized spacial score (nSPS) is 27.6. The summed E-state index contributed by atoms with van der Waals surface area (Å²) in [5.74, 6) is -2.41. The molecule has 0 saturated carbocycles. The predicted octanol–water partition coefficient (Wildman–Crippen LogP) is -0.292. The summed E-state index contributed by atoms with van der Waals surface area (Å²) in [6.07, 6.45) is -4.84. The molecule has 0 bridgehead atoms. The SMILES string of the molecule is O=S1(=O)CC(O)(C(F)(F)F)C1. The second-order valence-electron chi connectivity index (χ2n) is 2.56. The first kappa shape index (κ1) is 8.79. The van der Waals surface area contributed by atoms with Gasteiger partial charge in [0.15, 0.2) is 15.4 Å². The van der Waals surface area contributed by atoms with Crippen molar-refractivity contribution in [1.29, 1.82) is 0 Å². The van der Waals surface area contributed by atoms with Crippen molar-refractivity contribution in [1.82, 2.24) is 0 Å². The highest BCUT2D eigenvalue weighted by Crippen LogP contribution is 2.38. The van der Waals surface area contributed by atoms with E-state index in [1.54, 1.807) is 0 Å². The highest BCUT2D eigenvalue weighted by molar-refractivity contribution is 7.93. The molecule has 0 unspecified atom stereocenters. The number of halogens is 3. The Hall–Kier alpha value is -0.300. The molecule has 0 aromatic rings. The van der Waals surface area contributed by atoms with Gasteiger partial charge in [-0.25, -0.2) is 8.42 Å². The molecule has 66 valence electrons. The monoisotopic (exact) mass is 190 g/mol. The standard InChI is InChI=1S/C4H5F3O3S/c5-4(6,7)3(8)1-11(9,10)2-3/h8H,1-2H2. The van der Waals surface area contributed by atoms with E-state index >= 15 is 0 Å². The Kier molecular flexibility index (Phi) is 1.51. The molecule has 0 aromatic heterocycles. The van der Waals surface area contributed by atoms with Crippen molar-refractivity contribution in [3.05, 3.63) is 0 Å². The van der Waals surface area contributed by atoms with Crippen LogP contribution in [0.3, 0.4) is 0 Å². The fraction of sp³-hybridized carbons (Fsp3) is 1.00. The van der Waals surface area contributed by atoms with Crippen molar-refractivity contribution in [2.24, 2.45) is 0 Å². The van der Waals surface area contributed by atoms with Gasteiger partial charge in [-0.2, -0.15) is 13.2 Å². The highest BCUT2D eigenvalue weighted by atomic mass is 32.2. The lowest BCUT2D eigenvalue weighted by Crippen LogP contribution is -2.63. The predicted molar refractivity (Wildman–Crippen MR) is 29.7 cm³/mol. The van der Waals surface area contributed by atoms with E-state index in [2.05, 4.69) is 0 Å². The van der Waals surface area contributed by atoms with Gasteiger partial charge in [-0.1, -0.05) is 0 Å². The molecule has 1 aliphatic heterocycles. The molecule has 1 N–H and O–H groups in total. The molecule has 1 heterocycles. The molecule has 1 aliphatic rings. The second kappa shape index (κ2) is 1.89. The van der Waals surface area contributed by atoms with Gasteiger partial charge in [0.25, 0.3) is 0 Å². The molecular weight excluding hydrogens is 185 g/mol. The summed E-state index contributed by atoms with van der Waals surface area (Å²) in [6.45, 7) is 0. The van der Waals surface area contributed by atoms with Crippen molar-refractivity contribution in [3.8, 4) is 0 Å². The van der Waals surface area contributed by atoms with E-state index in [-0.39, 0.29) is 0 Å². The Balaban J connectivity index is 2.79. The van der Waals surface area contributed by atoms with E-state index in [0.717, 1.165) is 0 Å². The molecule has 0 amide bonds. The zero-order chi connectivity index (χ0) is 8.91. The van der Waals surface area contributed by atoms with E-state index in [9.17, 15) is 21.6 Å². The van der Waals surface area contributed by atoms with Crippen molar-refractivity contribution < 1.29 is 26.7 Å². The third kappa shape index (κ3) is 1.34. The molecule has 11 heavy (non-hydrogen) atoms. The molecule has 3 nitrogen and oxygen atoms in total. The van der Waals surface area contributed by atoms with Gasteiger partial charge in [0, 0.05) is 0 Å². The highest BCUT2D eigenvalue weighted by Gasteiger charge is 2.64. The molecule has 0 aromatic carbocycles. The van der Waals surface area contributed by atoms with Gasteiger partial charge < -0.3 is 5.11 Å².